The number of benzene rings is 1. The standard InChI is InChI=1S/C24H30N4O3S/c1-16-6-8-19(9-7-16)25-23(30)20(10-11-32-2)26-24(31)27-13-17-12-18(15-27)21-4-3-5-22(29)28(21)14-17/h3-9,17-18,20H,10-15H2,1-2H3,(H,25,30)(H,26,31)/t17-,18+,20+/m1/s1. The van der Waals surface area contributed by atoms with Crippen LogP contribution in [0.4, 0.5) is 10.5 Å². The molecule has 1 saturated heterocycles. The summed E-state index contributed by atoms with van der Waals surface area (Å²) in [4.78, 5) is 40.1. The number of carbonyl (C=O) groups excluding carboxylic acids is 2. The van der Waals surface area contributed by atoms with Crippen LogP contribution in [0.3, 0.4) is 0 Å². The molecule has 2 N–H and O–H groups in total. The first-order chi connectivity index (χ1) is 15.4. The molecule has 170 valence electrons. The Kier molecular flexibility index (Phi) is 6.89. The zero-order valence-electron chi connectivity index (χ0n) is 18.5. The summed E-state index contributed by atoms with van der Waals surface area (Å²) in [7, 11) is 0. The number of nitrogens with zero attached hydrogens (tertiary/aromatic N) is 2. The number of amides is 3. The van der Waals surface area contributed by atoms with E-state index < -0.39 is 6.04 Å². The molecule has 0 radical (unpaired) electrons. The maximum atomic E-state index is 13.1. The van der Waals surface area contributed by atoms with Crippen LogP contribution in [0, 0.1) is 12.8 Å². The fourth-order valence-electron chi connectivity index (χ4n) is 4.67. The van der Waals surface area contributed by atoms with Crippen LogP contribution in [-0.2, 0) is 11.3 Å². The van der Waals surface area contributed by atoms with Gasteiger partial charge in [-0.2, -0.15) is 11.8 Å². The molecule has 2 aromatic rings. The normalized spacial score (nSPS) is 20.2. The number of aromatic nitrogens is 1. The van der Waals surface area contributed by atoms with Gasteiger partial charge in [0, 0.05) is 43.0 Å². The molecule has 0 saturated carbocycles. The second kappa shape index (κ2) is 9.81. The quantitative estimate of drug-likeness (QED) is 0.703. The van der Waals surface area contributed by atoms with Gasteiger partial charge in [-0.3, -0.25) is 9.59 Å². The van der Waals surface area contributed by atoms with Gasteiger partial charge in [0.1, 0.15) is 6.04 Å². The number of likely N-dealkylation sites (tertiary alicyclic amines) is 1. The summed E-state index contributed by atoms with van der Waals surface area (Å²) in [5, 5.41) is 5.90. The van der Waals surface area contributed by atoms with Gasteiger partial charge in [0.2, 0.25) is 5.91 Å². The van der Waals surface area contributed by atoms with E-state index in [1.807, 2.05) is 53.0 Å². The second-order valence-corrected chi connectivity index (χ2v) is 9.73. The van der Waals surface area contributed by atoms with Crippen molar-refractivity contribution in [1.82, 2.24) is 14.8 Å². The Balaban J connectivity index is 1.43. The summed E-state index contributed by atoms with van der Waals surface area (Å²) in [6.45, 7) is 3.79. The summed E-state index contributed by atoms with van der Waals surface area (Å²) in [6.07, 6.45) is 3.53. The predicted molar refractivity (Wildman–Crippen MR) is 128 cm³/mol. The van der Waals surface area contributed by atoms with Gasteiger partial charge in [-0.25, -0.2) is 4.79 Å². The molecule has 8 heteroatoms. The molecule has 1 aromatic heterocycles. The molecular formula is C24H30N4O3S. The van der Waals surface area contributed by atoms with Crippen molar-refractivity contribution in [2.75, 3.05) is 30.4 Å². The topological polar surface area (TPSA) is 83.4 Å². The summed E-state index contributed by atoms with van der Waals surface area (Å²) in [6, 6.07) is 12.2. The van der Waals surface area contributed by atoms with E-state index in [0.717, 1.165) is 29.1 Å². The molecular weight excluding hydrogens is 424 g/mol. The average molecular weight is 455 g/mol. The summed E-state index contributed by atoms with van der Waals surface area (Å²) in [5.41, 5.74) is 2.87. The summed E-state index contributed by atoms with van der Waals surface area (Å²) in [5.74, 6) is 0.963. The molecule has 3 heterocycles. The lowest BCUT2D eigenvalue weighted by molar-refractivity contribution is -0.118. The molecule has 0 spiro atoms. The van der Waals surface area contributed by atoms with E-state index in [-0.39, 0.29) is 29.3 Å². The van der Waals surface area contributed by atoms with E-state index in [0.29, 0.717) is 26.1 Å². The highest BCUT2D eigenvalue weighted by molar-refractivity contribution is 7.98. The third-order valence-corrected chi connectivity index (χ3v) is 6.95. The lowest BCUT2D eigenvalue weighted by atomic mass is 9.83. The first kappa shape index (κ1) is 22.5. The van der Waals surface area contributed by atoms with Gasteiger partial charge in [-0.1, -0.05) is 23.8 Å². The molecule has 32 heavy (non-hydrogen) atoms. The highest BCUT2D eigenvalue weighted by Crippen LogP contribution is 2.34. The number of hydrogen-bond acceptors (Lipinski definition) is 4. The number of thioether (sulfide) groups is 1. The number of pyridine rings is 1. The van der Waals surface area contributed by atoms with Gasteiger partial charge in [-0.15, -0.1) is 0 Å². The molecule has 2 aliphatic rings. The molecule has 1 fully saturated rings. The van der Waals surface area contributed by atoms with Gasteiger partial charge in [-0.05, 0) is 55.9 Å². The number of anilines is 1. The maximum absolute atomic E-state index is 13.1. The number of aryl methyl sites for hydroxylation is 1. The van der Waals surface area contributed by atoms with E-state index in [2.05, 4.69) is 10.6 Å². The Bertz CT molecular complexity index is 1040. The lowest BCUT2D eigenvalue weighted by Gasteiger charge is -2.43. The number of nitrogens with one attached hydrogen (secondary N) is 2. The zero-order valence-corrected chi connectivity index (χ0v) is 19.4. The van der Waals surface area contributed by atoms with E-state index in [4.69, 9.17) is 0 Å². The zero-order chi connectivity index (χ0) is 22.7. The van der Waals surface area contributed by atoms with E-state index in [9.17, 15) is 14.4 Å². The van der Waals surface area contributed by atoms with Crippen molar-refractivity contribution in [2.45, 2.75) is 38.3 Å². The van der Waals surface area contributed by atoms with Crippen LogP contribution in [-0.4, -0.2) is 52.5 Å². The third kappa shape index (κ3) is 5.01. The van der Waals surface area contributed by atoms with Crippen LogP contribution in [0.2, 0.25) is 0 Å². The monoisotopic (exact) mass is 454 g/mol. The number of piperidine rings is 1. The Hall–Kier alpha value is -2.74. The number of urea groups is 1. The predicted octanol–water partition coefficient (Wildman–Crippen LogP) is 3.05. The first-order valence-corrected chi connectivity index (χ1v) is 12.5. The molecule has 3 amide bonds. The van der Waals surface area contributed by atoms with E-state index in [1.54, 1.807) is 23.9 Å². The van der Waals surface area contributed by atoms with Crippen molar-refractivity contribution < 1.29 is 9.59 Å². The minimum absolute atomic E-state index is 0.0278. The molecule has 7 nitrogen and oxygen atoms in total. The largest absolute Gasteiger partial charge is 0.326 e. The maximum Gasteiger partial charge on any atom is 0.318 e. The molecule has 4 rings (SSSR count). The fourth-order valence-corrected chi connectivity index (χ4v) is 5.14. The molecule has 0 aliphatic carbocycles. The average Bonchev–Trinajstić information content (AvgIpc) is 2.78. The summed E-state index contributed by atoms with van der Waals surface area (Å²) >= 11 is 1.65. The van der Waals surface area contributed by atoms with Crippen LogP contribution >= 0.6 is 11.8 Å². The minimum Gasteiger partial charge on any atom is -0.326 e. The number of fused-ring (bicyclic) bond motifs is 4. The van der Waals surface area contributed by atoms with Crippen LogP contribution in [0.5, 0.6) is 0 Å². The fraction of sp³-hybridized carbons (Fsp3) is 0.458. The van der Waals surface area contributed by atoms with Crippen molar-refractivity contribution in [3.05, 3.63) is 64.1 Å². The molecule has 1 aromatic carbocycles. The molecule has 2 bridgehead atoms. The van der Waals surface area contributed by atoms with Gasteiger partial charge in [0.25, 0.3) is 5.56 Å². The number of hydrogen-bond donors (Lipinski definition) is 2. The van der Waals surface area contributed by atoms with Crippen molar-refractivity contribution in [3.8, 4) is 0 Å². The molecule has 2 aliphatic heterocycles. The molecule has 3 atom stereocenters. The smallest absolute Gasteiger partial charge is 0.318 e. The van der Waals surface area contributed by atoms with Gasteiger partial charge in [0.15, 0.2) is 0 Å². The second-order valence-electron chi connectivity index (χ2n) is 8.74. The van der Waals surface area contributed by atoms with Gasteiger partial charge in [0.05, 0.1) is 0 Å². The highest BCUT2D eigenvalue weighted by Gasteiger charge is 2.37. The number of carbonyl (C=O) groups is 2. The van der Waals surface area contributed by atoms with Crippen molar-refractivity contribution in [1.29, 1.82) is 0 Å². The van der Waals surface area contributed by atoms with E-state index in [1.165, 1.54) is 0 Å². The third-order valence-electron chi connectivity index (χ3n) is 6.31. The highest BCUT2D eigenvalue weighted by atomic mass is 32.2. The van der Waals surface area contributed by atoms with E-state index >= 15 is 0 Å². The Morgan fingerprint density at radius 1 is 1.12 bits per heavy atom. The van der Waals surface area contributed by atoms with Crippen LogP contribution in [0.15, 0.2) is 47.3 Å². The number of rotatable bonds is 6. The summed E-state index contributed by atoms with van der Waals surface area (Å²) < 4.78 is 1.85. The van der Waals surface area contributed by atoms with Crippen molar-refractivity contribution >= 4 is 29.4 Å². The lowest BCUT2D eigenvalue weighted by Crippen LogP contribution is -2.55. The van der Waals surface area contributed by atoms with Gasteiger partial charge < -0.3 is 20.1 Å². The first-order valence-electron chi connectivity index (χ1n) is 11.1. The van der Waals surface area contributed by atoms with Crippen LogP contribution < -0.4 is 16.2 Å². The molecule has 0 unspecified atom stereocenters. The Morgan fingerprint density at radius 2 is 1.91 bits per heavy atom. The minimum atomic E-state index is -0.604. The van der Waals surface area contributed by atoms with Gasteiger partial charge >= 0.3 is 6.03 Å². The van der Waals surface area contributed by atoms with Crippen LogP contribution in [0.25, 0.3) is 0 Å². The van der Waals surface area contributed by atoms with Crippen LogP contribution in [0.1, 0.15) is 30.0 Å². The Labute approximate surface area is 192 Å². The van der Waals surface area contributed by atoms with Crippen molar-refractivity contribution in [2.24, 2.45) is 5.92 Å². The van der Waals surface area contributed by atoms with Crippen molar-refractivity contribution in [3.63, 3.8) is 0 Å². The Morgan fingerprint density at radius 3 is 2.66 bits per heavy atom. The SMILES string of the molecule is CSCC[C@H](NC(=O)N1C[C@H]2C[C@@H](C1)c1cccc(=O)n1C2)C(=O)Nc1ccc(C)cc1.